The van der Waals surface area contributed by atoms with Gasteiger partial charge >= 0.3 is 0 Å². The Morgan fingerprint density at radius 2 is 1.83 bits per heavy atom. The summed E-state index contributed by atoms with van der Waals surface area (Å²) in [6.45, 7) is 0.359. The number of halogens is 2. The molecular formula is C28H23ClFN3O2. The topological polar surface area (TPSA) is 56.4 Å². The van der Waals surface area contributed by atoms with Crippen LogP contribution in [0.5, 0.6) is 0 Å². The summed E-state index contributed by atoms with van der Waals surface area (Å²) in [6.07, 6.45) is 0.928. The summed E-state index contributed by atoms with van der Waals surface area (Å²) in [6, 6.07) is 20.8. The summed E-state index contributed by atoms with van der Waals surface area (Å²) in [5.74, 6) is -0.495. The molecule has 2 amide bonds. The van der Waals surface area contributed by atoms with E-state index in [1.807, 2.05) is 48.5 Å². The quantitative estimate of drug-likeness (QED) is 0.445. The van der Waals surface area contributed by atoms with E-state index in [2.05, 4.69) is 4.98 Å². The Morgan fingerprint density at radius 1 is 1.00 bits per heavy atom. The van der Waals surface area contributed by atoms with E-state index in [1.54, 1.807) is 21.9 Å². The molecule has 5 nitrogen and oxygen atoms in total. The fourth-order valence-electron chi connectivity index (χ4n) is 5.49. The molecule has 0 bridgehead atoms. The minimum atomic E-state index is -0.612. The van der Waals surface area contributed by atoms with Crippen LogP contribution in [0.1, 0.15) is 28.4 Å². The van der Waals surface area contributed by atoms with Gasteiger partial charge in [-0.15, -0.1) is 0 Å². The van der Waals surface area contributed by atoms with E-state index in [4.69, 9.17) is 11.6 Å². The van der Waals surface area contributed by atoms with Gasteiger partial charge in [0.1, 0.15) is 11.9 Å². The molecule has 4 aromatic rings. The molecule has 176 valence electrons. The second kappa shape index (κ2) is 8.54. The number of aromatic nitrogens is 1. The molecule has 0 saturated carbocycles. The van der Waals surface area contributed by atoms with Crippen molar-refractivity contribution in [3.05, 3.63) is 106 Å². The van der Waals surface area contributed by atoms with Crippen LogP contribution in [0.2, 0.25) is 5.02 Å². The largest absolute Gasteiger partial charge is 0.356 e. The zero-order valence-electron chi connectivity index (χ0n) is 18.9. The van der Waals surface area contributed by atoms with E-state index in [1.165, 1.54) is 12.1 Å². The van der Waals surface area contributed by atoms with Crippen LogP contribution in [0.15, 0.2) is 72.8 Å². The van der Waals surface area contributed by atoms with Crippen LogP contribution in [0, 0.1) is 5.82 Å². The predicted octanol–water partition coefficient (Wildman–Crippen LogP) is 4.89. The van der Waals surface area contributed by atoms with Gasteiger partial charge in [-0.3, -0.25) is 9.59 Å². The summed E-state index contributed by atoms with van der Waals surface area (Å²) in [7, 11) is 0. The Labute approximate surface area is 207 Å². The third-order valence-corrected chi connectivity index (χ3v) is 7.30. The summed E-state index contributed by atoms with van der Waals surface area (Å²) < 4.78 is 13.6. The first-order chi connectivity index (χ1) is 17.0. The Hall–Kier alpha value is -3.64. The molecular weight excluding hydrogens is 465 g/mol. The van der Waals surface area contributed by atoms with Gasteiger partial charge in [0.25, 0.3) is 0 Å². The number of carbonyl (C=O) groups excluding carboxylic acids is 2. The molecule has 2 aliphatic heterocycles. The second-order valence-corrected chi connectivity index (χ2v) is 9.62. The molecule has 0 radical (unpaired) electrons. The first-order valence-electron chi connectivity index (χ1n) is 11.7. The van der Waals surface area contributed by atoms with Crippen LogP contribution < -0.4 is 0 Å². The fraction of sp³-hybridized carbons (Fsp3) is 0.214. The van der Waals surface area contributed by atoms with Crippen LogP contribution in [0.25, 0.3) is 10.9 Å². The molecule has 1 N–H and O–H groups in total. The molecule has 6 rings (SSSR count). The minimum absolute atomic E-state index is 0.00270. The van der Waals surface area contributed by atoms with Crippen molar-refractivity contribution >= 4 is 34.3 Å². The van der Waals surface area contributed by atoms with Gasteiger partial charge in [0.15, 0.2) is 0 Å². The van der Waals surface area contributed by atoms with Gasteiger partial charge in [-0.1, -0.05) is 54.1 Å². The number of piperazine rings is 1. The van der Waals surface area contributed by atoms with E-state index in [9.17, 15) is 14.0 Å². The number of fused-ring (bicyclic) bond motifs is 4. The predicted molar refractivity (Wildman–Crippen MR) is 133 cm³/mol. The van der Waals surface area contributed by atoms with Crippen LogP contribution >= 0.6 is 11.6 Å². The first kappa shape index (κ1) is 21.9. The van der Waals surface area contributed by atoms with Gasteiger partial charge in [0.2, 0.25) is 11.8 Å². The van der Waals surface area contributed by atoms with Gasteiger partial charge in [-0.2, -0.15) is 0 Å². The molecule has 0 spiro atoms. The molecule has 2 atom stereocenters. The van der Waals surface area contributed by atoms with E-state index in [0.717, 1.165) is 33.3 Å². The summed E-state index contributed by atoms with van der Waals surface area (Å²) in [4.78, 5) is 34.2. The molecule has 1 aromatic heterocycles. The molecule has 0 aliphatic carbocycles. The SMILES string of the molecule is O=C1[C@@H]2Cc3c([nH]c4ccccc34)[C@H](c3cccc(Cl)c3)N2C(=O)CN1CCc1cccc(F)c1. The second-order valence-electron chi connectivity index (χ2n) is 9.18. The molecule has 1 fully saturated rings. The van der Waals surface area contributed by atoms with Crippen LogP contribution in [0.3, 0.4) is 0 Å². The van der Waals surface area contributed by atoms with Crippen molar-refractivity contribution in [2.75, 3.05) is 13.1 Å². The van der Waals surface area contributed by atoms with Crippen molar-refractivity contribution in [3.63, 3.8) is 0 Å². The Bertz CT molecular complexity index is 1470. The van der Waals surface area contributed by atoms with E-state index < -0.39 is 12.1 Å². The van der Waals surface area contributed by atoms with Crippen molar-refractivity contribution in [1.82, 2.24) is 14.8 Å². The van der Waals surface area contributed by atoms with Crippen molar-refractivity contribution in [2.24, 2.45) is 0 Å². The number of hydrogen-bond donors (Lipinski definition) is 1. The number of H-pyrrole nitrogens is 1. The number of carbonyl (C=O) groups is 2. The van der Waals surface area contributed by atoms with Crippen molar-refractivity contribution < 1.29 is 14.0 Å². The Balaban J connectivity index is 1.39. The highest BCUT2D eigenvalue weighted by Gasteiger charge is 2.48. The normalized spacial score (nSPS) is 19.7. The van der Waals surface area contributed by atoms with Crippen LogP contribution in [-0.4, -0.2) is 45.7 Å². The van der Waals surface area contributed by atoms with Crippen molar-refractivity contribution in [3.8, 4) is 0 Å². The number of nitrogens with one attached hydrogen (secondary N) is 1. The zero-order valence-corrected chi connectivity index (χ0v) is 19.6. The maximum absolute atomic E-state index is 13.7. The lowest BCUT2D eigenvalue weighted by Crippen LogP contribution is -2.63. The number of benzene rings is 3. The smallest absolute Gasteiger partial charge is 0.246 e. The van der Waals surface area contributed by atoms with E-state index >= 15 is 0 Å². The maximum atomic E-state index is 13.7. The lowest BCUT2D eigenvalue weighted by atomic mass is 9.86. The number of nitrogens with zero attached hydrogens (tertiary/aromatic N) is 2. The molecule has 7 heteroatoms. The molecule has 2 aliphatic rings. The van der Waals surface area contributed by atoms with E-state index in [0.29, 0.717) is 24.4 Å². The maximum Gasteiger partial charge on any atom is 0.246 e. The average Bonchev–Trinajstić information content (AvgIpc) is 3.22. The third-order valence-electron chi connectivity index (χ3n) is 7.07. The molecule has 3 heterocycles. The fourth-order valence-corrected chi connectivity index (χ4v) is 5.69. The van der Waals surface area contributed by atoms with Crippen LogP contribution in [0.4, 0.5) is 4.39 Å². The third kappa shape index (κ3) is 3.78. The van der Waals surface area contributed by atoms with Gasteiger partial charge in [-0.05, 0) is 53.4 Å². The Morgan fingerprint density at radius 3 is 2.66 bits per heavy atom. The molecule has 1 saturated heterocycles. The number of amides is 2. The lowest BCUT2D eigenvalue weighted by Gasteiger charge is -2.47. The highest BCUT2D eigenvalue weighted by molar-refractivity contribution is 6.30. The summed E-state index contributed by atoms with van der Waals surface area (Å²) in [5.41, 5.74) is 4.63. The van der Waals surface area contributed by atoms with Gasteiger partial charge in [0.05, 0.1) is 12.6 Å². The summed E-state index contributed by atoms with van der Waals surface area (Å²) in [5, 5.41) is 1.64. The van der Waals surface area contributed by atoms with Crippen LogP contribution in [-0.2, 0) is 22.4 Å². The highest BCUT2D eigenvalue weighted by atomic mass is 35.5. The van der Waals surface area contributed by atoms with Gasteiger partial charge < -0.3 is 14.8 Å². The highest BCUT2D eigenvalue weighted by Crippen LogP contribution is 2.42. The minimum Gasteiger partial charge on any atom is -0.356 e. The van der Waals surface area contributed by atoms with Gasteiger partial charge in [0, 0.05) is 34.6 Å². The monoisotopic (exact) mass is 487 g/mol. The number of aromatic amines is 1. The standard InChI is InChI=1S/C28H23ClFN3O2/c29-19-7-4-6-18(14-19)27-26-22(21-9-1-2-10-23(21)31-26)15-24-28(35)32(16-25(34)33(24)27)12-11-17-5-3-8-20(30)13-17/h1-10,13-14,24,27,31H,11-12,15-16H2/t24-,27-/m0/s1. The number of para-hydroxylation sites is 1. The molecule has 35 heavy (non-hydrogen) atoms. The first-order valence-corrected chi connectivity index (χ1v) is 12.1. The zero-order chi connectivity index (χ0) is 24.1. The number of hydrogen-bond acceptors (Lipinski definition) is 2. The molecule has 3 aromatic carbocycles. The average molecular weight is 488 g/mol. The Kier molecular flexibility index (Phi) is 5.33. The summed E-state index contributed by atoms with van der Waals surface area (Å²) >= 11 is 6.33. The van der Waals surface area contributed by atoms with Gasteiger partial charge in [-0.25, -0.2) is 4.39 Å². The van der Waals surface area contributed by atoms with E-state index in [-0.39, 0.29) is 24.2 Å². The van der Waals surface area contributed by atoms with Crippen molar-refractivity contribution in [1.29, 1.82) is 0 Å². The van der Waals surface area contributed by atoms with Crippen molar-refractivity contribution in [2.45, 2.75) is 24.9 Å². The molecule has 0 unspecified atom stereocenters. The number of rotatable bonds is 4. The lowest BCUT2D eigenvalue weighted by molar-refractivity contribution is -0.158.